The van der Waals surface area contributed by atoms with Crippen molar-refractivity contribution in [2.75, 3.05) is 16.8 Å². The van der Waals surface area contributed by atoms with Gasteiger partial charge in [-0.25, -0.2) is 4.98 Å². The summed E-state index contributed by atoms with van der Waals surface area (Å²) in [7, 11) is 0. The first-order chi connectivity index (χ1) is 6.34. The summed E-state index contributed by atoms with van der Waals surface area (Å²) in [6.07, 6.45) is 4.38. The van der Waals surface area contributed by atoms with Crippen LogP contribution in [-0.2, 0) is 0 Å². The fourth-order valence-corrected chi connectivity index (χ4v) is 3.63. The van der Waals surface area contributed by atoms with Crippen molar-refractivity contribution < 1.29 is 0 Å². The molecule has 0 saturated carbocycles. The summed E-state index contributed by atoms with van der Waals surface area (Å²) in [5.41, 5.74) is 0. The third-order valence-corrected chi connectivity index (χ3v) is 4.48. The van der Waals surface area contributed by atoms with E-state index in [-0.39, 0.29) is 0 Å². The number of nitrogens with one attached hydrogen (secondary N) is 1. The predicted octanol–water partition coefficient (Wildman–Crippen LogP) is 3.21. The Kier molecular flexibility index (Phi) is 3.51. The van der Waals surface area contributed by atoms with Crippen LogP contribution in [-0.4, -0.2) is 22.5 Å². The molecule has 0 aliphatic carbocycles. The van der Waals surface area contributed by atoms with Crippen molar-refractivity contribution in [3.63, 3.8) is 0 Å². The van der Waals surface area contributed by atoms with Crippen molar-refractivity contribution in [2.24, 2.45) is 0 Å². The van der Waals surface area contributed by atoms with Crippen molar-refractivity contribution >= 4 is 44.2 Å². The number of nitrogens with zero attached hydrogens (tertiary/aromatic N) is 1. The number of thiazole rings is 1. The molecule has 72 valence electrons. The van der Waals surface area contributed by atoms with Gasteiger partial charge in [-0.1, -0.05) is 11.3 Å². The molecule has 1 saturated heterocycles. The molecule has 5 heteroatoms. The molecule has 0 spiro atoms. The van der Waals surface area contributed by atoms with Gasteiger partial charge in [0.15, 0.2) is 5.13 Å². The van der Waals surface area contributed by atoms with Gasteiger partial charge in [0.05, 0.1) is 9.98 Å². The Balaban J connectivity index is 1.89. The highest BCUT2D eigenvalue weighted by atomic mass is 79.9. The van der Waals surface area contributed by atoms with E-state index in [1.54, 1.807) is 11.3 Å². The maximum atomic E-state index is 4.26. The first-order valence-electron chi connectivity index (χ1n) is 4.30. The Hall–Kier alpha value is 0.260. The molecule has 0 amide bonds. The number of hydrogen-bond donors (Lipinski definition) is 1. The maximum absolute atomic E-state index is 4.26. The summed E-state index contributed by atoms with van der Waals surface area (Å²) in [5, 5.41) is 4.51. The molecule has 0 atom stereocenters. The van der Waals surface area contributed by atoms with Gasteiger partial charge in [0.25, 0.3) is 0 Å². The van der Waals surface area contributed by atoms with Gasteiger partial charge >= 0.3 is 0 Å². The Morgan fingerprint density at radius 1 is 1.46 bits per heavy atom. The first kappa shape index (κ1) is 9.80. The smallest absolute Gasteiger partial charge is 0.183 e. The van der Waals surface area contributed by atoms with Crippen molar-refractivity contribution in [1.29, 1.82) is 0 Å². The second kappa shape index (κ2) is 4.66. The van der Waals surface area contributed by atoms with E-state index in [0.717, 1.165) is 8.92 Å². The normalized spacial score (nSPS) is 18.8. The summed E-state index contributed by atoms with van der Waals surface area (Å²) in [4.78, 5) is 4.26. The fraction of sp³-hybridized carbons (Fsp3) is 0.625. The third kappa shape index (κ3) is 2.86. The van der Waals surface area contributed by atoms with Crippen molar-refractivity contribution in [1.82, 2.24) is 4.98 Å². The zero-order chi connectivity index (χ0) is 9.10. The molecular formula is C8H11BrN2S2. The highest BCUT2D eigenvalue weighted by Gasteiger charge is 2.14. The zero-order valence-corrected chi connectivity index (χ0v) is 10.3. The SMILES string of the molecule is Brc1cnc(NC2CCSCC2)s1. The van der Waals surface area contributed by atoms with Gasteiger partial charge in [-0.05, 0) is 40.3 Å². The van der Waals surface area contributed by atoms with Gasteiger partial charge in [-0.3, -0.25) is 0 Å². The van der Waals surface area contributed by atoms with E-state index < -0.39 is 0 Å². The summed E-state index contributed by atoms with van der Waals surface area (Å²) >= 11 is 7.13. The lowest BCUT2D eigenvalue weighted by atomic mass is 10.2. The molecule has 2 nitrogen and oxygen atoms in total. The van der Waals surface area contributed by atoms with E-state index >= 15 is 0 Å². The highest BCUT2D eigenvalue weighted by Crippen LogP contribution is 2.26. The van der Waals surface area contributed by atoms with Crippen LogP contribution in [0.2, 0.25) is 0 Å². The molecule has 0 bridgehead atoms. The molecular weight excluding hydrogens is 268 g/mol. The summed E-state index contributed by atoms with van der Waals surface area (Å²) < 4.78 is 1.10. The van der Waals surface area contributed by atoms with Crippen molar-refractivity contribution in [3.05, 3.63) is 9.98 Å². The zero-order valence-electron chi connectivity index (χ0n) is 7.12. The summed E-state index contributed by atoms with van der Waals surface area (Å²) in [6.45, 7) is 0. The largest absolute Gasteiger partial charge is 0.359 e. The van der Waals surface area contributed by atoms with Crippen LogP contribution in [0.15, 0.2) is 9.98 Å². The van der Waals surface area contributed by atoms with Crippen LogP contribution in [0.25, 0.3) is 0 Å². The summed E-state index contributed by atoms with van der Waals surface area (Å²) in [5.74, 6) is 2.56. The number of thioether (sulfide) groups is 1. The monoisotopic (exact) mass is 278 g/mol. The second-order valence-corrected chi connectivity index (χ2v) is 6.64. The van der Waals surface area contributed by atoms with Gasteiger partial charge in [0.2, 0.25) is 0 Å². The number of halogens is 1. The van der Waals surface area contributed by atoms with E-state index in [2.05, 4.69) is 26.2 Å². The van der Waals surface area contributed by atoms with Crippen LogP contribution in [0.3, 0.4) is 0 Å². The number of rotatable bonds is 2. The molecule has 1 fully saturated rings. The topological polar surface area (TPSA) is 24.9 Å². The van der Waals surface area contributed by atoms with Crippen molar-refractivity contribution in [3.8, 4) is 0 Å². The predicted molar refractivity (Wildman–Crippen MR) is 63.8 cm³/mol. The Morgan fingerprint density at radius 2 is 2.23 bits per heavy atom. The quantitative estimate of drug-likeness (QED) is 0.899. The average Bonchev–Trinajstić information content (AvgIpc) is 2.53. The molecule has 0 aromatic carbocycles. The van der Waals surface area contributed by atoms with E-state index in [4.69, 9.17) is 0 Å². The lowest BCUT2D eigenvalue weighted by Crippen LogP contribution is -2.24. The van der Waals surface area contributed by atoms with Gasteiger partial charge in [-0.2, -0.15) is 11.8 Å². The molecule has 2 rings (SSSR count). The molecule has 2 heterocycles. The minimum atomic E-state index is 0.638. The molecule has 1 aromatic heterocycles. The number of aromatic nitrogens is 1. The molecule has 0 radical (unpaired) electrons. The molecule has 1 aliphatic rings. The maximum Gasteiger partial charge on any atom is 0.183 e. The second-order valence-electron chi connectivity index (χ2n) is 3.00. The van der Waals surface area contributed by atoms with E-state index in [9.17, 15) is 0 Å². The van der Waals surface area contributed by atoms with Crippen LogP contribution < -0.4 is 5.32 Å². The first-order valence-corrected chi connectivity index (χ1v) is 7.06. The Labute approximate surface area is 94.7 Å². The Bertz CT molecular complexity index is 271. The summed E-state index contributed by atoms with van der Waals surface area (Å²) in [6, 6.07) is 0.638. The highest BCUT2D eigenvalue weighted by molar-refractivity contribution is 9.11. The minimum absolute atomic E-state index is 0.638. The van der Waals surface area contributed by atoms with Crippen LogP contribution in [0.1, 0.15) is 12.8 Å². The molecule has 1 aliphatic heterocycles. The minimum Gasteiger partial charge on any atom is -0.359 e. The van der Waals surface area contributed by atoms with Crippen LogP contribution in [0.5, 0.6) is 0 Å². The Morgan fingerprint density at radius 3 is 2.85 bits per heavy atom. The lowest BCUT2D eigenvalue weighted by Gasteiger charge is -2.21. The van der Waals surface area contributed by atoms with Crippen LogP contribution in [0.4, 0.5) is 5.13 Å². The molecule has 1 N–H and O–H groups in total. The average molecular weight is 279 g/mol. The van der Waals surface area contributed by atoms with Gasteiger partial charge in [0, 0.05) is 6.04 Å². The van der Waals surface area contributed by atoms with E-state index in [1.807, 2.05) is 18.0 Å². The molecule has 0 unspecified atom stereocenters. The molecule has 13 heavy (non-hydrogen) atoms. The van der Waals surface area contributed by atoms with Crippen LogP contribution >= 0.6 is 39.0 Å². The van der Waals surface area contributed by atoms with E-state index in [1.165, 1.54) is 24.3 Å². The lowest BCUT2D eigenvalue weighted by molar-refractivity contribution is 0.666. The third-order valence-electron chi connectivity index (χ3n) is 2.03. The fourth-order valence-electron chi connectivity index (χ4n) is 1.34. The van der Waals surface area contributed by atoms with Gasteiger partial charge < -0.3 is 5.32 Å². The van der Waals surface area contributed by atoms with Gasteiger partial charge in [0.1, 0.15) is 0 Å². The number of anilines is 1. The standard InChI is InChI=1S/C8H11BrN2S2/c9-7-5-10-8(13-7)11-6-1-3-12-4-2-6/h5-6H,1-4H2,(H,10,11). The van der Waals surface area contributed by atoms with Crippen LogP contribution in [0, 0.1) is 0 Å². The number of hydrogen-bond acceptors (Lipinski definition) is 4. The van der Waals surface area contributed by atoms with Gasteiger partial charge in [-0.15, -0.1) is 0 Å². The van der Waals surface area contributed by atoms with E-state index in [0.29, 0.717) is 6.04 Å². The molecule has 1 aromatic rings. The van der Waals surface area contributed by atoms with Crippen molar-refractivity contribution in [2.45, 2.75) is 18.9 Å².